The monoisotopic (exact) mass is 824 g/mol. The zero-order valence-corrected chi connectivity index (χ0v) is 35.5. The number of benzene rings is 2. The maximum atomic E-state index is 14.9. The standard InChI is InChI=1S/C46H56N4O10/c1-8-42-16-12-18-49-19-17-44(38(42)49)31-21-32(35(56-6)22-34(31)48(5)39(44)46(54,41(53)57-7)40(42)58-26(3)51)45(59-27(4)52)23-28-24-50(55,25-43(9-2)37(28)60-43)20-15-30-29-13-10-11-14-33(29)47-36(30)45/h10-14,16,21-22,28,37-40,47,54H,8-9,15,17-20,23-25H2,1-7H3/t28-,37+,38-,39?,40+,42+,43-,44?,45-,46-,50-/m0/s1. The maximum Gasteiger partial charge on any atom is 0.344 e. The summed E-state index contributed by atoms with van der Waals surface area (Å²) in [5.74, 6) is -1.83. The number of epoxide rings is 1. The van der Waals surface area contributed by atoms with Crippen LogP contribution in [0.4, 0.5) is 5.69 Å². The van der Waals surface area contributed by atoms with Gasteiger partial charge in [0.05, 0.1) is 39.0 Å². The number of carbonyl (C=O) groups excluding carboxylic acids is 3. The van der Waals surface area contributed by atoms with Crippen LogP contribution in [0.1, 0.15) is 75.8 Å². The van der Waals surface area contributed by atoms with Gasteiger partial charge in [-0.25, -0.2) is 4.79 Å². The molecule has 320 valence electrons. The van der Waals surface area contributed by atoms with Crippen molar-refractivity contribution >= 4 is 34.5 Å². The topological polar surface area (TPSA) is 166 Å². The van der Waals surface area contributed by atoms with Gasteiger partial charge in [0.25, 0.3) is 0 Å². The number of fused-ring (bicyclic) bond motifs is 8. The van der Waals surface area contributed by atoms with Gasteiger partial charge in [0, 0.05) is 91.3 Å². The second-order valence-corrected chi connectivity index (χ2v) is 18.7. The molecule has 60 heavy (non-hydrogen) atoms. The number of H-pyrrole nitrogens is 1. The summed E-state index contributed by atoms with van der Waals surface area (Å²) in [6.07, 6.45) is 5.04. The third-order valence-corrected chi connectivity index (χ3v) is 16.0. The number of ether oxygens (including phenoxy) is 5. The largest absolute Gasteiger partial charge is 0.633 e. The quantitative estimate of drug-likeness (QED) is 0.0865. The minimum absolute atomic E-state index is 0.188. The Morgan fingerprint density at radius 1 is 1.07 bits per heavy atom. The number of piperidine rings is 1. The lowest BCUT2D eigenvalue weighted by Crippen LogP contribution is -2.81. The Labute approximate surface area is 349 Å². The second kappa shape index (κ2) is 13.0. The van der Waals surface area contributed by atoms with Gasteiger partial charge >= 0.3 is 17.9 Å². The summed E-state index contributed by atoms with van der Waals surface area (Å²) in [5, 5.41) is 29.2. The number of esters is 3. The number of aromatic nitrogens is 1. The number of para-hydroxylation sites is 1. The van der Waals surface area contributed by atoms with Gasteiger partial charge in [0.2, 0.25) is 5.60 Å². The molecular formula is C46H56N4O10. The van der Waals surface area contributed by atoms with Crippen molar-refractivity contribution in [1.29, 1.82) is 0 Å². The molecule has 7 aliphatic rings. The number of hydrogen-bond acceptors (Lipinski definition) is 12. The first-order valence-corrected chi connectivity index (χ1v) is 21.5. The van der Waals surface area contributed by atoms with E-state index in [4.69, 9.17) is 23.7 Å². The number of nitrogens with one attached hydrogen (secondary N) is 1. The number of anilines is 1. The van der Waals surface area contributed by atoms with Gasteiger partial charge in [-0.05, 0) is 49.1 Å². The van der Waals surface area contributed by atoms with Gasteiger partial charge in [-0.15, -0.1) is 0 Å². The molecule has 1 aliphatic carbocycles. The number of likely N-dealkylation sites (N-methyl/N-ethyl adjacent to an activating group) is 1. The molecule has 10 rings (SSSR count). The fraction of sp³-hybridized carbons (Fsp3) is 0.587. The molecular weight excluding hydrogens is 769 g/mol. The number of methoxy groups -OCH3 is 2. The maximum absolute atomic E-state index is 14.9. The van der Waals surface area contributed by atoms with E-state index in [1.54, 1.807) is 7.11 Å². The molecule has 1 saturated carbocycles. The van der Waals surface area contributed by atoms with Crippen molar-refractivity contribution in [2.75, 3.05) is 58.9 Å². The lowest BCUT2D eigenvalue weighted by Gasteiger charge is -2.63. The Kier molecular flexibility index (Phi) is 8.61. The van der Waals surface area contributed by atoms with Crippen molar-refractivity contribution in [3.8, 4) is 5.75 Å². The number of hydroxylamine groups is 3. The Bertz CT molecular complexity index is 2360. The highest BCUT2D eigenvalue weighted by Gasteiger charge is 2.80. The molecule has 3 aromatic rings. The molecule has 6 aliphatic heterocycles. The summed E-state index contributed by atoms with van der Waals surface area (Å²) in [4.78, 5) is 49.3. The van der Waals surface area contributed by atoms with E-state index in [0.29, 0.717) is 75.4 Å². The molecule has 4 fully saturated rings. The first kappa shape index (κ1) is 39.7. The summed E-state index contributed by atoms with van der Waals surface area (Å²) < 4.78 is 31.0. The molecule has 2 unspecified atom stereocenters. The molecule has 2 N–H and O–H groups in total. The summed E-state index contributed by atoms with van der Waals surface area (Å²) in [6, 6.07) is 10.8. The van der Waals surface area contributed by atoms with Crippen LogP contribution < -0.4 is 9.64 Å². The van der Waals surface area contributed by atoms with Gasteiger partial charge in [0.15, 0.2) is 11.7 Å². The van der Waals surface area contributed by atoms with Gasteiger partial charge in [-0.1, -0.05) is 44.2 Å². The number of rotatable bonds is 7. The summed E-state index contributed by atoms with van der Waals surface area (Å²) in [6.45, 7) is 9.12. The van der Waals surface area contributed by atoms with E-state index in [2.05, 4.69) is 22.9 Å². The van der Waals surface area contributed by atoms with Gasteiger partial charge in [-0.3, -0.25) is 14.5 Å². The van der Waals surface area contributed by atoms with Crippen LogP contribution in [0.25, 0.3) is 10.9 Å². The predicted molar refractivity (Wildman–Crippen MR) is 220 cm³/mol. The number of aliphatic hydroxyl groups is 1. The summed E-state index contributed by atoms with van der Waals surface area (Å²) in [7, 11) is 4.70. The summed E-state index contributed by atoms with van der Waals surface area (Å²) >= 11 is 0. The number of hydrogen-bond donors (Lipinski definition) is 2. The average Bonchev–Trinajstić information content (AvgIpc) is 3.49. The Hall–Kier alpha value is -4.47. The average molecular weight is 825 g/mol. The van der Waals surface area contributed by atoms with E-state index in [1.165, 1.54) is 21.0 Å². The molecule has 1 aromatic heterocycles. The molecule has 2 bridgehead atoms. The molecule has 2 aromatic carbocycles. The molecule has 11 atom stereocenters. The van der Waals surface area contributed by atoms with Crippen molar-refractivity contribution in [2.24, 2.45) is 11.3 Å². The van der Waals surface area contributed by atoms with Crippen molar-refractivity contribution in [2.45, 2.75) is 106 Å². The van der Waals surface area contributed by atoms with Crippen LogP contribution in [0.2, 0.25) is 0 Å². The van der Waals surface area contributed by atoms with Crippen molar-refractivity contribution in [1.82, 2.24) is 9.88 Å². The fourth-order valence-electron chi connectivity index (χ4n) is 14.0. The Morgan fingerprint density at radius 2 is 1.85 bits per heavy atom. The Morgan fingerprint density at radius 3 is 2.55 bits per heavy atom. The van der Waals surface area contributed by atoms with E-state index in [0.717, 1.165) is 27.7 Å². The number of aromatic amines is 1. The van der Waals surface area contributed by atoms with Crippen LogP contribution in [0.15, 0.2) is 48.6 Å². The Balaban J connectivity index is 1.28. The molecule has 3 saturated heterocycles. The van der Waals surface area contributed by atoms with Crippen molar-refractivity contribution in [3.63, 3.8) is 0 Å². The van der Waals surface area contributed by atoms with Crippen molar-refractivity contribution < 1.29 is 47.8 Å². The zero-order valence-electron chi connectivity index (χ0n) is 35.5. The van der Waals surface area contributed by atoms with E-state index in [9.17, 15) is 24.7 Å². The minimum Gasteiger partial charge on any atom is -0.633 e. The van der Waals surface area contributed by atoms with E-state index in [-0.39, 0.29) is 24.5 Å². The SMILES string of the molecule is CC[C@]12C[N@+]3([O-])CCc4c([nH]c5ccccc45)[C@@](OC(C)=O)(c4cc5c(cc4OC)N(C)C4C56CCN5CC=C[C@](CC)([C@H]56)[C@@H](OC(C)=O)[C@]4(O)C(=O)OC)C[C@@H](C3)[C@H]1O2. The molecule has 14 nitrogen and oxygen atoms in total. The number of nitrogens with zero attached hydrogens (tertiary/aromatic N) is 3. The van der Waals surface area contributed by atoms with Crippen LogP contribution in [0, 0.1) is 16.5 Å². The zero-order chi connectivity index (χ0) is 42.4. The molecule has 0 amide bonds. The second-order valence-electron chi connectivity index (χ2n) is 18.7. The van der Waals surface area contributed by atoms with Crippen LogP contribution in [0.3, 0.4) is 0 Å². The number of carbonyl (C=O) groups is 3. The van der Waals surface area contributed by atoms with E-state index >= 15 is 0 Å². The molecule has 0 radical (unpaired) electrons. The first-order chi connectivity index (χ1) is 28.6. The van der Waals surface area contributed by atoms with Gasteiger partial charge < -0.3 is 48.5 Å². The fourth-order valence-corrected chi connectivity index (χ4v) is 14.0. The van der Waals surface area contributed by atoms with E-state index < -0.39 is 62.3 Å². The third-order valence-electron chi connectivity index (χ3n) is 16.0. The highest BCUT2D eigenvalue weighted by molar-refractivity contribution is 5.88. The van der Waals surface area contributed by atoms with E-state index in [1.807, 2.05) is 61.4 Å². The van der Waals surface area contributed by atoms with Crippen molar-refractivity contribution in [3.05, 3.63) is 76.1 Å². The van der Waals surface area contributed by atoms with Crippen LogP contribution >= 0.6 is 0 Å². The predicted octanol–water partition coefficient (Wildman–Crippen LogP) is 4.37. The highest BCUT2D eigenvalue weighted by Crippen LogP contribution is 2.68. The van der Waals surface area contributed by atoms with Crippen LogP contribution in [-0.4, -0.2) is 127 Å². The smallest absolute Gasteiger partial charge is 0.344 e. The van der Waals surface area contributed by atoms with Crippen LogP contribution in [-0.2, 0) is 50.8 Å². The lowest BCUT2D eigenvalue weighted by atomic mass is 9.47. The van der Waals surface area contributed by atoms with Gasteiger partial charge in [-0.2, -0.15) is 0 Å². The number of quaternary nitrogens is 1. The highest BCUT2D eigenvalue weighted by atomic mass is 16.6. The summed E-state index contributed by atoms with van der Waals surface area (Å²) in [5.41, 5.74) is -1.60. The molecule has 14 heteroatoms. The minimum atomic E-state index is -2.31. The van der Waals surface area contributed by atoms with Gasteiger partial charge in [0.1, 0.15) is 24.0 Å². The molecule has 1 spiro atoms. The van der Waals surface area contributed by atoms with Crippen LogP contribution in [0.5, 0.6) is 5.75 Å². The third kappa shape index (κ3) is 4.91. The first-order valence-electron chi connectivity index (χ1n) is 21.5. The normalized spacial score (nSPS) is 39.5. The lowest BCUT2D eigenvalue weighted by molar-refractivity contribution is -0.890. The molecule has 7 heterocycles.